The Hall–Kier alpha value is -3.94. The first-order valence-corrected chi connectivity index (χ1v) is 12.0. The minimum atomic E-state index is -0.126. The van der Waals surface area contributed by atoms with E-state index >= 15 is 0 Å². The standard InChI is InChI=1S/C27H23N5OS/c28-20(10-19-14-30-24-5-2-1-4-22(19)24)16-33-21-11-18(13-29-15-21)17-7-8-25-23(12-17)27(32-31-25)26-6-3-9-34-26/h1-9,11-15,20,30H,10,16,28H2,(H,31,32)/t20-/m0/s1. The van der Waals surface area contributed by atoms with Crippen LogP contribution in [0.2, 0.25) is 0 Å². The SMILES string of the molecule is N[C@H](COc1cncc(-c2ccc3[nH]nc(-c4cccs4)c3c2)c1)Cc1c[nH]c2ccccc12. The third-order valence-corrected chi connectivity index (χ3v) is 6.86. The second kappa shape index (κ2) is 8.78. The molecule has 0 aliphatic rings. The number of nitrogens with zero attached hydrogens (tertiary/aromatic N) is 2. The van der Waals surface area contributed by atoms with Gasteiger partial charge in [-0.25, -0.2) is 0 Å². The Balaban J connectivity index is 1.19. The van der Waals surface area contributed by atoms with Crippen LogP contribution in [-0.4, -0.2) is 32.8 Å². The summed E-state index contributed by atoms with van der Waals surface area (Å²) in [5.41, 5.74) is 12.8. The van der Waals surface area contributed by atoms with Crippen molar-refractivity contribution in [3.63, 3.8) is 0 Å². The van der Waals surface area contributed by atoms with Gasteiger partial charge in [-0.05, 0) is 53.3 Å². The van der Waals surface area contributed by atoms with Crippen molar-refractivity contribution in [2.45, 2.75) is 12.5 Å². The van der Waals surface area contributed by atoms with Crippen LogP contribution in [0.3, 0.4) is 0 Å². The number of rotatable bonds is 7. The maximum Gasteiger partial charge on any atom is 0.138 e. The zero-order valence-corrected chi connectivity index (χ0v) is 19.2. The molecule has 4 heterocycles. The summed E-state index contributed by atoms with van der Waals surface area (Å²) in [6.07, 6.45) is 6.35. The third-order valence-electron chi connectivity index (χ3n) is 5.99. The number of ether oxygens (including phenoxy) is 1. The normalized spacial score (nSPS) is 12.4. The first-order chi connectivity index (χ1) is 16.7. The average molecular weight is 466 g/mol. The summed E-state index contributed by atoms with van der Waals surface area (Å²) in [6, 6.07) is 20.5. The molecular formula is C27H23N5OS. The minimum Gasteiger partial charge on any atom is -0.490 e. The van der Waals surface area contributed by atoms with Crippen molar-refractivity contribution < 1.29 is 4.74 Å². The van der Waals surface area contributed by atoms with E-state index in [1.807, 2.05) is 36.7 Å². The molecule has 4 N–H and O–H groups in total. The Kier molecular flexibility index (Phi) is 5.33. The van der Waals surface area contributed by atoms with Crippen LogP contribution in [0.15, 0.2) is 84.6 Å². The molecule has 0 aliphatic heterocycles. The van der Waals surface area contributed by atoms with E-state index in [1.165, 1.54) is 10.9 Å². The van der Waals surface area contributed by atoms with E-state index in [2.05, 4.69) is 61.9 Å². The molecule has 168 valence electrons. The number of pyridine rings is 1. The molecule has 0 amide bonds. The summed E-state index contributed by atoms with van der Waals surface area (Å²) in [4.78, 5) is 8.85. The van der Waals surface area contributed by atoms with Gasteiger partial charge >= 0.3 is 0 Å². The van der Waals surface area contributed by atoms with E-state index in [0.717, 1.165) is 44.5 Å². The van der Waals surface area contributed by atoms with Gasteiger partial charge in [0.1, 0.15) is 18.1 Å². The van der Waals surface area contributed by atoms with Crippen LogP contribution in [0.1, 0.15) is 5.56 Å². The van der Waals surface area contributed by atoms with Gasteiger partial charge in [0, 0.05) is 40.3 Å². The summed E-state index contributed by atoms with van der Waals surface area (Å²) in [7, 11) is 0. The number of hydrogen-bond acceptors (Lipinski definition) is 5. The highest BCUT2D eigenvalue weighted by molar-refractivity contribution is 7.13. The van der Waals surface area contributed by atoms with Crippen molar-refractivity contribution in [3.05, 3.63) is 90.2 Å². The lowest BCUT2D eigenvalue weighted by atomic mass is 10.0. The van der Waals surface area contributed by atoms with E-state index in [9.17, 15) is 0 Å². The molecule has 1 atom stereocenters. The van der Waals surface area contributed by atoms with Gasteiger partial charge in [-0.2, -0.15) is 5.10 Å². The fourth-order valence-corrected chi connectivity index (χ4v) is 5.02. The third kappa shape index (κ3) is 3.96. The van der Waals surface area contributed by atoms with Gasteiger partial charge < -0.3 is 15.5 Å². The summed E-state index contributed by atoms with van der Waals surface area (Å²) in [5.74, 6) is 0.706. The fourth-order valence-electron chi connectivity index (χ4n) is 4.30. The molecule has 6 rings (SSSR count). The van der Waals surface area contributed by atoms with E-state index in [0.29, 0.717) is 12.4 Å². The van der Waals surface area contributed by atoms with Crippen LogP contribution in [0.5, 0.6) is 5.75 Å². The molecular weight excluding hydrogens is 442 g/mol. The predicted octanol–water partition coefficient (Wildman–Crippen LogP) is 5.78. The van der Waals surface area contributed by atoms with Gasteiger partial charge in [-0.1, -0.05) is 30.3 Å². The number of aromatic amines is 2. The molecule has 2 aromatic carbocycles. The van der Waals surface area contributed by atoms with Crippen molar-refractivity contribution in [3.8, 4) is 27.4 Å². The molecule has 4 aromatic heterocycles. The molecule has 0 unspecified atom stereocenters. The highest BCUT2D eigenvalue weighted by atomic mass is 32.1. The number of H-pyrrole nitrogens is 2. The number of fused-ring (bicyclic) bond motifs is 2. The van der Waals surface area contributed by atoms with E-state index < -0.39 is 0 Å². The summed E-state index contributed by atoms with van der Waals surface area (Å²) >= 11 is 1.68. The van der Waals surface area contributed by atoms with Crippen LogP contribution in [0.4, 0.5) is 0 Å². The molecule has 0 spiro atoms. The first-order valence-electron chi connectivity index (χ1n) is 11.2. The number of aromatic nitrogens is 4. The topological polar surface area (TPSA) is 92.6 Å². The molecule has 0 bridgehead atoms. The Bertz CT molecular complexity index is 1570. The van der Waals surface area contributed by atoms with Gasteiger partial charge in [-0.3, -0.25) is 10.1 Å². The molecule has 6 nitrogen and oxygen atoms in total. The Morgan fingerprint density at radius 2 is 1.88 bits per heavy atom. The summed E-state index contributed by atoms with van der Waals surface area (Å²) in [5, 5.41) is 12.0. The molecule has 0 aliphatic carbocycles. The van der Waals surface area contributed by atoms with E-state index in [1.54, 1.807) is 17.5 Å². The quantitative estimate of drug-likeness (QED) is 0.278. The predicted molar refractivity (Wildman–Crippen MR) is 138 cm³/mol. The van der Waals surface area contributed by atoms with Crippen LogP contribution >= 0.6 is 11.3 Å². The molecule has 0 saturated carbocycles. The molecule has 7 heteroatoms. The van der Waals surface area contributed by atoms with Crippen molar-refractivity contribution in [1.82, 2.24) is 20.2 Å². The lowest BCUT2D eigenvalue weighted by molar-refractivity contribution is 0.287. The Morgan fingerprint density at radius 1 is 0.941 bits per heavy atom. The van der Waals surface area contributed by atoms with Crippen molar-refractivity contribution in [2.75, 3.05) is 6.61 Å². The van der Waals surface area contributed by atoms with Crippen molar-refractivity contribution >= 4 is 33.1 Å². The van der Waals surface area contributed by atoms with Crippen LogP contribution in [0, 0.1) is 0 Å². The maximum absolute atomic E-state index is 6.40. The number of benzene rings is 2. The first kappa shape index (κ1) is 20.7. The van der Waals surface area contributed by atoms with E-state index in [4.69, 9.17) is 10.5 Å². The molecule has 34 heavy (non-hydrogen) atoms. The van der Waals surface area contributed by atoms with Crippen LogP contribution in [0.25, 0.3) is 43.5 Å². The highest BCUT2D eigenvalue weighted by Gasteiger charge is 2.12. The Morgan fingerprint density at radius 3 is 2.79 bits per heavy atom. The zero-order valence-electron chi connectivity index (χ0n) is 18.4. The fraction of sp³-hybridized carbons (Fsp3) is 0.111. The van der Waals surface area contributed by atoms with Crippen molar-refractivity contribution in [1.29, 1.82) is 0 Å². The molecule has 0 radical (unpaired) electrons. The Labute approximate surface area is 200 Å². The summed E-state index contributed by atoms with van der Waals surface area (Å²) in [6.45, 7) is 0.411. The number of nitrogens with one attached hydrogen (secondary N) is 2. The van der Waals surface area contributed by atoms with Gasteiger partial charge in [-0.15, -0.1) is 11.3 Å². The average Bonchev–Trinajstić information content (AvgIpc) is 3.63. The van der Waals surface area contributed by atoms with E-state index in [-0.39, 0.29) is 6.04 Å². The molecule has 0 fully saturated rings. The monoisotopic (exact) mass is 465 g/mol. The van der Waals surface area contributed by atoms with Gasteiger partial charge in [0.2, 0.25) is 0 Å². The number of para-hydroxylation sites is 1. The van der Waals surface area contributed by atoms with Crippen LogP contribution in [-0.2, 0) is 6.42 Å². The van der Waals surface area contributed by atoms with Gasteiger partial charge in [0.25, 0.3) is 0 Å². The zero-order chi connectivity index (χ0) is 22.9. The lowest BCUT2D eigenvalue weighted by Gasteiger charge is -2.13. The van der Waals surface area contributed by atoms with Gasteiger partial charge in [0.15, 0.2) is 0 Å². The maximum atomic E-state index is 6.40. The smallest absolute Gasteiger partial charge is 0.138 e. The second-order valence-electron chi connectivity index (χ2n) is 8.35. The number of thiophene rings is 1. The number of hydrogen-bond donors (Lipinski definition) is 3. The molecule has 6 aromatic rings. The van der Waals surface area contributed by atoms with Crippen LogP contribution < -0.4 is 10.5 Å². The second-order valence-corrected chi connectivity index (χ2v) is 9.30. The number of nitrogens with two attached hydrogens (primary N) is 1. The van der Waals surface area contributed by atoms with Gasteiger partial charge in [0.05, 0.1) is 16.6 Å². The minimum absolute atomic E-state index is 0.126. The summed E-state index contributed by atoms with van der Waals surface area (Å²) < 4.78 is 6.03. The highest BCUT2D eigenvalue weighted by Crippen LogP contribution is 2.33. The van der Waals surface area contributed by atoms with Crippen molar-refractivity contribution in [2.24, 2.45) is 5.73 Å². The largest absolute Gasteiger partial charge is 0.490 e. The molecule has 0 saturated heterocycles. The lowest BCUT2D eigenvalue weighted by Crippen LogP contribution is -2.30.